The van der Waals surface area contributed by atoms with Crippen LogP contribution in [0, 0.1) is 0 Å². The predicted octanol–water partition coefficient (Wildman–Crippen LogP) is 3.21. The number of ether oxygens (including phenoxy) is 1. The third kappa shape index (κ3) is 2.81. The minimum atomic E-state index is 0.167. The summed E-state index contributed by atoms with van der Waals surface area (Å²) in [6.45, 7) is 0. The first-order valence-electron chi connectivity index (χ1n) is 4.72. The van der Waals surface area contributed by atoms with E-state index in [9.17, 15) is 0 Å². The molecule has 0 saturated heterocycles. The molecule has 7 heteroatoms. The summed E-state index contributed by atoms with van der Waals surface area (Å²) >= 11 is 11.6. The lowest BCUT2D eigenvalue weighted by Crippen LogP contribution is -1.92. The lowest BCUT2D eigenvalue weighted by Gasteiger charge is -2.06. The average Bonchev–Trinajstić information content (AvgIpc) is 2.80. The van der Waals surface area contributed by atoms with Crippen molar-refractivity contribution >= 4 is 34.9 Å². The number of nitrogens with one attached hydrogen (secondary N) is 1. The number of halogens is 2. The van der Waals surface area contributed by atoms with Gasteiger partial charge < -0.3 is 14.5 Å². The second-order valence-electron chi connectivity index (χ2n) is 3.11. The molecule has 1 heterocycles. The fourth-order valence-electron chi connectivity index (χ4n) is 1.20. The van der Waals surface area contributed by atoms with Gasteiger partial charge in [-0.15, -0.1) is 16.7 Å². The molecule has 17 heavy (non-hydrogen) atoms. The Kier molecular flexibility index (Phi) is 3.71. The number of anilines is 2. The first-order valence-corrected chi connectivity index (χ1v) is 5.63. The first kappa shape index (κ1) is 12.0. The van der Waals surface area contributed by atoms with E-state index in [2.05, 4.69) is 15.5 Å². The summed E-state index contributed by atoms with van der Waals surface area (Å²) in [5.41, 5.74) is 0.621. The van der Waals surface area contributed by atoms with E-state index in [0.29, 0.717) is 22.4 Å². The van der Waals surface area contributed by atoms with Gasteiger partial charge in [0, 0.05) is 6.07 Å². The number of nitrogens with zero attached hydrogens (tertiary/aromatic N) is 2. The average molecular weight is 274 g/mol. The summed E-state index contributed by atoms with van der Waals surface area (Å²) in [6.07, 6.45) is 0. The van der Waals surface area contributed by atoms with Gasteiger partial charge in [-0.05, 0) is 12.1 Å². The van der Waals surface area contributed by atoms with Gasteiger partial charge in [0.2, 0.25) is 5.89 Å². The molecule has 5 nitrogen and oxygen atoms in total. The Morgan fingerprint density at radius 2 is 2.24 bits per heavy atom. The number of benzene rings is 1. The van der Waals surface area contributed by atoms with Gasteiger partial charge in [-0.3, -0.25) is 0 Å². The molecule has 1 N–H and O–H groups in total. The van der Waals surface area contributed by atoms with Crippen LogP contribution in [0.1, 0.15) is 5.89 Å². The lowest BCUT2D eigenvalue weighted by molar-refractivity contribution is 0.415. The van der Waals surface area contributed by atoms with Crippen molar-refractivity contribution < 1.29 is 9.15 Å². The van der Waals surface area contributed by atoms with Crippen molar-refractivity contribution in [3.63, 3.8) is 0 Å². The van der Waals surface area contributed by atoms with Crippen LogP contribution in [0.5, 0.6) is 5.75 Å². The summed E-state index contributed by atoms with van der Waals surface area (Å²) in [5.74, 6) is 1.18. The minimum absolute atomic E-state index is 0.167. The molecule has 0 radical (unpaired) electrons. The van der Waals surface area contributed by atoms with Crippen LogP contribution in [0.2, 0.25) is 5.02 Å². The Hall–Kier alpha value is -1.46. The van der Waals surface area contributed by atoms with Crippen molar-refractivity contribution in [2.24, 2.45) is 0 Å². The maximum absolute atomic E-state index is 6.01. The van der Waals surface area contributed by atoms with E-state index < -0.39 is 0 Å². The molecular formula is C10H9Cl2N3O2. The van der Waals surface area contributed by atoms with E-state index in [1.165, 1.54) is 0 Å². The highest BCUT2D eigenvalue weighted by Crippen LogP contribution is 2.29. The summed E-state index contributed by atoms with van der Waals surface area (Å²) in [5, 5.41) is 10.9. The highest BCUT2D eigenvalue weighted by atomic mass is 35.5. The Morgan fingerprint density at radius 3 is 2.88 bits per heavy atom. The molecule has 0 aliphatic heterocycles. The van der Waals surface area contributed by atoms with Crippen LogP contribution in [0.15, 0.2) is 22.6 Å². The summed E-state index contributed by atoms with van der Waals surface area (Å²) in [4.78, 5) is 0. The number of aromatic nitrogens is 2. The molecule has 0 aliphatic carbocycles. The second kappa shape index (κ2) is 5.25. The van der Waals surface area contributed by atoms with Crippen LogP contribution in [0.3, 0.4) is 0 Å². The zero-order valence-corrected chi connectivity index (χ0v) is 10.4. The van der Waals surface area contributed by atoms with Crippen LogP contribution in [0.25, 0.3) is 0 Å². The topological polar surface area (TPSA) is 60.2 Å². The van der Waals surface area contributed by atoms with Gasteiger partial charge in [-0.1, -0.05) is 16.7 Å². The third-order valence-corrected chi connectivity index (χ3v) is 2.55. The SMILES string of the molecule is COc1ccc(Cl)c(Nc2nnc(CCl)o2)c1. The molecule has 0 fully saturated rings. The van der Waals surface area contributed by atoms with E-state index in [0.717, 1.165) is 0 Å². The normalized spacial score (nSPS) is 10.3. The molecule has 0 aliphatic rings. The Bertz CT molecular complexity index is 516. The fourth-order valence-corrected chi connectivity index (χ4v) is 1.47. The number of hydrogen-bond acceptors (Lipinski definition) is 5. The van der Waals surface area contributed by atoms with Crippen molar-refractivity contribution in [2.45, 2.75) is 5.88 Å². The van der Waals surface area contributed by atoms with E-state index in [1.807, 2.05) is 0 Å². The maximum Gasteiger partial charge on any atom is 0.320 e. The Labute approximate surface area is 108 Å². The molecule has 0 amide bonds. The van der Waals surface area contributed by atoms with Gasteiger partial charge in [-0.2, -0.15) is 0 Å². The fraction of sp³-hybridized carbons (Fsp3) is 0.200. The van der Waals surface area contributed by atoms with Crippen LogP contribution in [-0.4, -0.2) is 17.3 Å². The quantitative estimate of drug-likeness (QED) is 0.867. The molecule has 90 valence electrons. The third-order valence-electron chi connectivity index (χ3n) is 2.00. The molecule has 2 rings (SSSR count). The van der Waals surface area contributed by atoms with Gasteiger partial charge in [0.1, 0.15) is 11.6 Å². The van der Waals surface area contributed by atoms with Gasteiger partial charge in [-0.25, -0.2) is 0 Å². The smallest absolute Gasteiger partial charge is 0.320 e. The van der Waals surface area contributed by atoms with E-state index in [4.69, 9.17) is 32.4 Å². The molecule has 0 spiro atoms. The van der Waals surface area contributed by atoms with Crippen molar-refractivity contribution in [1.29, 1.82) is 0 Å². The summed E-state index contributed by atoms with van der Waals surface area (Å²) < 4.78 is 10.3. The number of rotatable bonds is 4. The van der Waals surface area contributed by atoms with Crippen molar-refractivity contribution in [2.75, 3.05) is 12.4 Å². The summed E-state index contributed by atoms with van der Waals surface area (Å²) in [6, 6.07) is 5.43. The zero-order valence-electron chi connectivity index (χ0n) is 8.91. The van der Waals surface area contributed by atoms with E-state index >= 15 is 0 Å². The van der Waals surface area contributed by atoms with Crippen LogP contribution in [0.4, 0.5) is 11.7 Å². The Balaban J connectivity index is 2.22. The number of hydrogen-bond donors (Lipinski definition) is 1. The van der Waals surface area contributed by atoms with Gasteiger partial charge in [0.15, 0.2) is 0 Å². The standard InChI is InChI=1S/C10H9Cl2N3O2/c1-16-6-2-3-7(12)8(4-6)13-10-15-14-9(5-11)17-10/h2-4H,5H2,1H3,(H,13,15). The zero-order chi connectivity index (χ0) is 12.3. The maximum atomic E-state index is 6.01. The molecule has 0 saturated carbocycles. The number of methoxy groups -OCH3 is 1. The molecule has 2 aromatic rings. The molecule has 1 aromatic carbocycles. The van der Waals surface area contributed by atoms with Crippen molar-refractivity contribution in [3.05, 3.63) is 29.1 Å². The van der Waals surface area contributed by atoms with Crippen molar-refractivity contribution in [1.82, 2.24) is 10.2 Å². The largest absolute Gasteiger partial charge is 0.497 e. The number of alkyl halides is 1. The molecule has 0 unspecified atom stereocenters. The molecule has 0 atom stereocenters. The highest BCUT2D eigenvalue weighted by Gasteiger charge is 2.08. The van der Waals surface area contributed by atoms with Gasteiger partial charge in [0.25, 0.3) is 0 Å². The highest BCUT2D eigenvalue weighted by molar-refractivity contribution is 6.33. The lowest BCUT2D eigenvalue weighted by atomic mass is 10.3. The van der Waals surface area contributed by atoms with Crippen LogP contribution >= 0.6 is 23.2 Å². The van der Waals surface area contributed by atoms with Gasteiger partial charge >= 0.3 is 6.01 Å². The molecule has 1 aromatic heterocycles. The molecular weight excluding hydrogens is 265 g/mol. The van der Waals surface area contributed by atoms with Crippen molar-refractivity contribution in [3.8, 4) is 5.75 Å². The monoisotopic (exact) mass is 273 g/mol. The van der Waals surface area contributed by atoms with E-state index in [1.54, 1.807) is 25.3 Å². The first-order chi connectivity index (χ1) is 8.22. The predicted molar refractivity (Wildman–Crippen MR) is 65.1 cm³/mol. The minimum Gasteiger partial charge on any atom is -0.497 e. The second-order valence-corrected chi connectivity index (χ2v) is 3.78. The molecule has 0 bridgehead atoms. The Morgan fingerprint density at radius 1 is 1.41 bits per heavy atom. The summed E-state index contributed by atoms with van der Waals surface area (Å²) in [7, 11) is 1.57. The van der Waals surface area contributed by atoms with Crippen LogP contribution in [-0.2, 0) is 5.88 Å². The van der Waals surface area contributed by atoms with Gasteiger partial charge in [0.05, 0.1) is 17.8 Å². The van der Waals surface area contributed by atoms with Crippen LogP contribution < -0.4 is 10.1 Å². The van der Waals surface area contributed by atoms with E-state index in [-0.39, 0.29) is 11.9 Å².